The average Bonchev–Trinajstić information content (AvgIpc) is 3.20. The molecule has 8 heteroatoms. The Morgan fingerprint density at radius 1 is 1.10 bits per heavy atom. The average molecular weight is 434 g/mol. The summed E-state index contributed by atoms with van der Waals surface area (Å²) in [4.78, 5) is -0.319. The highest BCUT2D eigenvalue weighted by atomic mass is 32.2. The lowest BCUT2D eigenvalue weighted by Crippen LogP contribution is -2.32. The molecule has 0 spiro atoms. The minimum atomic E-state index is -4.60. The van der Waals surface area contributed by atoms with Crippen LogP contribution < -0.4 is 5.32 Å². The normalized spacial score (nSPS) is 21.2. The fourth-order valence-electron chi connectivity index (χ4n) is 5.08. The number of halogens is 3. The molecule has 1 fully saturated rings. The van der Waals surface area contributed by atoms with Crippen LogP contribution in [0.25, 0.3) is 10.9 Å². The van der Waals surface area contributed by atoms with Crippen LogP contribution in [0, 0.1) is 6.92 Å². The van der Waals surface area contributed by atoms with E-state index in [0.717, 1.165) is 53.4 Å². The van der Waals surface area contributed by atoms with Gasteiger partial charge in [0.05, 0.1) is 20.9 Å². The summed E-state index contributed by atoms with van der Waals surface area (Å²) in [7, 11) is -2.10. The number of aryl methyl sites for hydroxylation is 2. The highest BCUT2D eigenvalue weighted by Crippen LogP contribution is 2.43. The molecule has 0 radical (unpaired) electrons. The van der Waals surface area contributed by atoms with Crippen LogP contribution in [-0.4, -0.2) is 19.0 Å². The summed E-state index contributed by atoms with van der Waals surface area (Å²) in [5.41, 5.74) is 3.15. The van der Waals surface area contributed by atoms with E-state index in [1.807, 2.05) is 14.0 Å². The van der Waals surface area contributed by atoms with Gasteiger partial charge < -0.3 is 9.88 Å². The summed E-state index contributed by atoms with van der Waals surface area (Å²) in [5, 5.41) is 4.47. The number of hydrogen-bond acceptors (Lipinski definition) is 3. The van der Waals surface area contributed by atoms with E-state index in [-0.39, 0.29) is 15.8 Å². The standard InChI is InChI=1S/C22H21F3N2O2S/c1-12-8-16(30(28,29)15-5-3-4-13(9-15)22(23,24)25)11-17-20-18-7-6-14(26-18)10-19(20)27(2)21(12)17/h3-5,8-9,11,14,18,26H,6-7,10H2,1-2H3. The third kappa shape index (κ3) is 2.80. The number of fused-ring (bicyclic) bond motifs is 6. The Morgan fingerprint density at radius 3 is 2.60 bits per heavy atom. The van der Waals surface area contributed by atoms with Crippen molar-refractivity contribution in [2.45, 2.75) is 54.2 Å². The Balaban J connectivity index is 1.71. The van der Waals surface area contributed by atoms with Gasteiger partial charge in [-0.05, 0) is 61.2 Å². The zero-order valence-corrected chi connectivity index (χ0v) is 17.4. The highest BCUT2D eigenvalue weighted by molar-refractivity contribution is 7.91. The molecule has 4 nitrogen and oxygen atoms in total. The third-order valence-corrected chi connectivity index (χ3v) is 8.16. The summed E-state index contributed by atoms with van der Waals surface area (Å²) in [6, 6.07) is 7.77. The summed E-state index contributed by atoms with van der Waals surface area (Å²) < 4.78 is 68.0. The number of nitrogens with zero attached hydrogens (tertiary/aromatic N) is 1. The van der Waals surface area contributed by atoms with E-state index in [0.29, 0.717) is 12.1 Å². The molecule has 1 aromatic heterocycles. The van der Waals surface area contributed by atoms with Crippen molar-refractivity contribution in [2.24, 2.45) is 7.05 Å². The molecular formula is C22H21F3N2O2S. The topological polar surface area (TPSA) is 51.1 Å². The monoisotopic (exact) mass is 434 g/mol. The predicted molar refractivity (Wildman–Crippen MR) is 107 cm³/mol. The van der Waals surface area contributed by atoms with Crippen molar-refractivity contribution in [1.29, 1.82) is 0 Å². The molecule has 2 bridgehead atoms. The number of sulfone groups is 1. The minimum Gasteiger partial charge on any atom is -0.347 e. The van der Waals surface area contributed by atoms with Crippen molar-refractivity contribution in [2.75, 3.05) is 0 Å². The van der Waals surface area contributed by atoms with Crippen molar-refractivity contribution in [3.05, 3.63) is 58.8 Å². The molecular weight excluding hydrogens is 413 g/mol. The molecule has 0 saturated carbocycles. The summed E-state index contributed by atoms with van der Waals surface area (Å²) >= 11 is 0. The van der Waals surface area contributed by atoms with E-state index in [4.69, 9.17) is 0 Å². The maximum atomic E-state index is 13.3. The first kappa shape index (κ1) is 19.6. The first-order chi connectivity index (χ1) is 14.1. The van der Waals surface area contributed by atoms with Crippen molar-refractivity contribution < 1.29 is 21.6 Å². The maximum absolute atomic E-state index is 13.3. The maximum Gasteiger partial charge on any atom is 0.416 e. The second kappa shape index (κ2) is 6.34. The van der Waals surface area contributed by atoms with Gasteiger partial charge in [0.2, 0.25) is 9.84 Å². The van der Waals surface area contributed by atoms with Gasteiger partial charge in [-0.15, -0.1) is 0 Å². The fraction of sp³-hybridized carbons (Fsp3) is 0.364. The summed E-state index contributed by atoms with van der Waals surface area (Å²) in [6.45, 7) is 1.85. The van der Waals surface area contributed by atoms with Gasteiger partial charge in [0.1, 0.15) is 0 Å². The van der Waals surface area contributed by atoms with Crippen LogP contribution in [0.4, 0.5) is 13.2 Å². The molecule has 2 aromatic carbocycles. The third-order valence-electron chi connectivity index (χ3n) is 6.43. The quantitative estimate of drug-likeness (QED) is 0.637. The first-order valence-electron chi connectivity index (χ1n) is 9.87. The largest absolute Gasteiger partial charge is 0.416 e. The molecule has 3 heterocycles. The smallest absolute Gasteiger partial charge is 0.347 e. The van der Waals surface area contributed by atoms with Gasteiger partial charge in [0, 0.05) is 36.6 Å². The van der Waals surface area contributed by atoms with Crippen LogP contribution in [0.1, 0.15) is 41.3 Å². The van der Waals surface area contributed by atoms with Crippen molar-refractivity contribution >= 4 is 20.7 Å². The number of hydrogen-bond donors (Lipinski definition) is 1. The predicted octanol–water partition coefficient (Wildman–Crippen LogP) is 4.69. The SMILES string of the molecule is Cc1cc(S(=O)(=O)c2cccc(C(F)(F)F)c2)cc2c3c(n(C)c12)CC1CCC3N1. The molecule has 0 aliphatic carbocycles. The van der Waals surface area contributed by atoms with E-state index in [1.54, 1.807) is 12.1 Å². The van der Waals surface area contributed by atoms with Gasteiger partial charge in [-0.25, -0.2) is 8.42 Å². The van der Waals surface area contributed by atoms with Gasteiger partial charge >= 0.3 is 6.18 Å². The minimum absolute atomic E-state index is 0.0281. The Bertz CT molecular complexity index is 1290. The zero-order chi connectivity index (χ0) is 21.4. The Kier molecular flexibility index (Phi) is 4.15. The van der Waals surface area contributed by atoms with Gasteiger partial charge in [-0.3, -0.25) is 0 Å². The number of rotatable bonds is 2. The molecule has 2 atom stereocenters. The Labute approximate surface area is 172 Å². The van der Waals surface area contributed by atoms with Crippen molar-refractivity contribution in [3.63, 3.8) is 0 Å². The van der Waals surface area contributed by atoms with Crippen LogP contribution in [0.3, 0.4) is 0 Å². The number of benzene rings is 2. The van der Waals surface area contributed by atoms with E-state index in [9.17, 15) is 21.6 Å². The lowest BCUT2D eigenvalue weighted by Gasteiger charge is -2.23. The number of nitrogens with one attached hydrogen (secondary N) is 1. The molecule has 2 aliphatic rings. The summed E-state index contributed by atoms with van der Waals surface area (Å²) in [5.74, 6) is 0. The van der Waals surface area contributed by atoms with Crippen LogP contribution in [0.2, 0.25) is 0 Å². The van der Waals surface area contributed by atoms with Crippen molar-refractivity contribution in [3.8, 4) is 0 Å². The van der Waals surface area contributed by atoms with Gasteiger partial charge in [-0.1, -0.05) is 6.07 Å². The molecule has 3 aromatic rings. The lowest BCUT2D eigenvalue weighted by atomic mass is 9.98. The Hall–Kier alpha value is -2.32. The van der Waals surface area contributed by atoms with Crippen LogP contribution in [0.15, 0.2) is 46.2 Å². The number of aromatic nitrogens is 1. The molecule has 2 aliphatic heterocycles. The molecule has 0 amide bonds. The van der Waals surface area contributed by atoms with Crippen LogP contribution >= 0.6 is 0 Å². The van der Waals surface area contributed by atoms with E-state index < -0.39 is 21.6 Å². The zero-order valence-electron chi connectivity index (χ0n) is 16.5. The first-order valence-corrected chi connectivity index (χ1v) is 11.4. The summed E-state index contributed by atoms with van der Waals surface area (Å²) in [6.07, 6.45) is -1.62. The molecule has 1 saturated heterocycles. The van der Waals surface area contributed by atoms with Gasteiger partial charge in [-0.2, -0.15) is 13.2 Å². The van der Waals surface area contributed by atoms with Gasteiger partial charge in [0.15, 0.2) is 0 Å². The number of alkyl halides is 3. The highest BCUT2D eigenvalue weighted by Gasteiger charge is 2.37. The molecule has 30 heavy (non-hydrogen) atoms. The molecule has 1 N–H and O–H groups in total. The van der Waals surface area contributed by atoms with Crippen molar-refractivity contribution in [1.82, 2.24) is 9.88 Å². The fourth-order valence-corrected chi connectivity index (χ4v) is 6.49. The second-order valence-electron chi connectivity index (χ2n) is 8.28. The second-order valence-corrected chi connectivity index (χ2v) is 10.2. The van der Waals surface area contributed by atoms with E-state index >= 15 is 0 Å². The Morgan fingerprint density at radius 2 is 1.87 bits per heavy atom. The molecule has 5 rings (SSSR count). The van der Waals surface area contributed by atoms with Gasteiger partial charge in [0.25, 0.3) is 0 Å². The molecule has 2 unspecified atom stereocenters. The molecule has 158 valence electrons. The van der Waals surface area contributed by atoms with E-state index in [1.165, 1.54) is 11.8 Å². The van der Waals surface area contributed by atoms with Crippen LogP contribution in [0.5, 0.6) is 0 Å². The van der Waals surface area contributed by atoms with Crippen LogP contribution in [-0.2, 0) is 29.5 Å². The van der Waals surface area contributed by atoms with E-state index in [2.05, 4.69) is 9.88 Å². The lowest BCUT2D eigenvalue weighted by molar-refractivity contribution is -0.137.